The van der Waals surface area contributed by atoms with Crippen molar-refractivity contribution in [3.8, 4) is 11.3 Å². The summed E-state index contributed by atoms with van der Waals surface area (Å²) in [5, 5.41) is 12.8. The Morgan fingerprint density at radius 2 is 2.21 bits per heavy atom. The van der Waals surface area contributed by atoms with E-state index in [1.165, 1.54) is 6.42 Å². The number of hydrogen-bond acceptors (Lipinski definition) is 3. The fourth-order valence-corrected chi connectivity index (χ4v) is 3.94. The monoisotopic (exact) mass is 337 g/mol. The second-order valence-corrected chi connectivity index (χ2v) is 7.18. The van der Waals surface area contributed by atoms with E-state index >= 15 is 0 Å². The van der Waals surface area contributed by atoms with E-state index in [0.29, 0.717) is 6.61 Å². The van der Waals surface area contributed by atoms with Crippen LogP contribution in [-0.2, 0) is 6.42 Å². The van der Waals surface area contributed by atoms with Crippen LogP contribution in [0.5, 0.6) is 0 Å². The summed E-state index contributed by atoms with van der Waals surface area (Å²) in [6, 6.07) is 8.21. The second kappa shape index (κ2) is 5.35. The normalized spacial score (nSPS) is 17.2. The highest BCUT2D eigenvalue weighted by molar-refractivity contribution is 9.10. The molecule has 0 unspecified atom stereocenters. The summed E-state index contributed by atoms with van der Waals surface area (Å²) in [6.07, 6.45) is 4.43. The van der Waals surface area contributed by atoms with Gasteiger partial charge in [-0.05, 0) is 30.4 Å². The van der Waals surface area contributed by atoms with Crippen LogP contribution in [0.4, 0.5) is 0 Å². The second-order valence-electron chi connectivity index (χ2n) is 5.33. The lowest BCUT2D eigenvalue weighted by molar-refractivity contribution is 0.0450. The molecule has 1 saturated carbocycles. The summed E-state index contributed by atoms with van der Waals surface area (Å²) in [5.74, 6) is 0. The van der Waals surface area contributed by atoms with Gasteiger partial charge in [0, 0.05) is 28.4 Å². The van der Waals surface area contributed by atoms with E-state index in [1.807, 2.05) is 12.1 Å². The fourth-order valence-electron chi connectivity index (χ4n) is 2.56. The van der Waals surface area contributed by atoms with Gasteiger partial charge in [0.2, 0.25) is 0 Å². The number of hydrogen-bond donors (Lipinski definition) is 1. The van der Waals surface area contributed by atoms with Crippen molar-refractivity contribution in [3.63, 3.8) is 0 Å². The molecule has 0 bridgehead atoms. The average molecular weight is 338 g/mol. The van der Waals surface area contributed by atoms with E-state index in [-0.39, 0.29) is 5.41 Å². The summed E-state index contributed by atoms with van der Waals surface area (Å²) in [5.41, 5.74) is 2.30. The summed E-state index contributed by atoms with van der Waals surface area (Å²) in [7, 11) is 0. The van der Waals surface area contributed by atoms with Crippen molar-refractivity contribution in [2.75, 3.05) is 6.61 Å². The zero-order valence-corrected chi connectivity index (χ0v) is 13.0. The predicted octanol–water partition coefficient (Wildman–Crippen LogP) is 4.28. The van der Waals surface area contributed by atoms with Crippen LogP contribution in [-0.4, -0.2) is 16.7 Å². The Balaban J connectivity index is 1.80. The van der Waals surface area contributed by atoms with Crippen molar-refractivity contribution in [2.45, 2.75) is 25.7 Å². The Hall–Kier alpha value is -0.710. The molecule has 1 fully saturated rings. The van der Waals surface area contributed by atoms with Crippen molar-refractivity contribution in [3.05, 3.63) is 39.1 Å². The van der Waals surface area contributed by atoms with Crippen LogP contribution in [0.1, 0.15) is 24.3 Å². The van der Waals surface area contributed by atoms with Gasteiger partial charge in [0.05, 0.1) is 10.7 Å². The number of aromatic nitrogens is 1. The number of halogens is 1. The maximum atomic E-state index is 9.53. The van der Waals surface area contributed by atoms with Gasteiger partial charge in [-0.2, -0.15) is 0 Å². The number of aliphatic hydroxyl groups is 1. The number of rotatable bonds is 4. The first-order valence-electron chi connectivity index (χ1n) is 6.52. The summed E-state index contributed by atoms with van der Waals surface area (Å²) >= 11 is 5.19. The molecule has 1 N–H and O–H groups in total. The van der Waals surface area contributed by atoms with Crippen molar-refractivity contribution in [1.82, 2.24) is 4.98 Å². The van der Waals surface area contributed by atoms with Gasteiger partial charge in [-0.1, -0.05) is 34.5 Å². The molecule has 2 aromatic rings. The van der Waals surface area contributed by atoms with Crippen molar-refractivity contribution in [1.29, 1.82) is 0 Å². The summed E-state index contributed by atoms with van der Waals surface area (Å²) in [6.45, 7) is 0.290. The molecule has 0 aliphatic heterocycles. The molecule has 0 radical (unpaired) electrons. The SMILES string of the molecule is OCC1(Cc2nc(-c3cccc(Br)c3)cs2)CCC1. The topological polar surface area (TPSA) is 33.1 Å². The quantitative estimate of drug-likeness (QED) is 0.903. The van der Waals surface area contributed by atoms with Crippen LogP contribution >= 0.6 is 27.3 Å². The lowest BCUT2D eigenvalue weighted by Crippen LogP contribution is -2.35. The maximum absolute atomic E-state index is 9.53. The van der Waals surface area contributed by atoms with E-state index in [1.54, 1.807) is 11.3 Å². The molecular weight excluding hydrogens is 322 g/mol. The van der Waals surface area contributed by atoms with E-state index in [2.05, 4.69) is 33.4 Å². The molecular formula is C15H16BrNOS. The molecule has 3 rings (SSSR count). The van der Waals surface area contributed by atoms with Crippen LogP contribution in [0, 0.1) is 5.41 Å². The van der Waals surface area contributed by atoms with Gasteiger partial charge in [0.25, 0.3) is 0 Å². The van der Waals surface area contributed by atoms with Crippen molar-refractivity contribution >= 4 is 27.3 Å². The third-order valence-electron chi connectivity index (χ3n) is 3.95. The minimum Gasteiger partial charge on any atom is -0.396 e. The molecule has 100 valence electrons. The number of aliphatic hydroxyl groups excluding tert-OH is 1. The third kappa shape index (κ3) is 2.76. The van der Waals surface area contributed by atoms with Crippen LogP contribution < -0.4 is 0 Å². The van der Waals surface area contributed by atoms with Crippen LogP contribution in [0.3, 0.4) is 0 Å². The maximum Gasteiger partial charge on any atom is 0.0939 e. The first kappa shape index (κ1) is 13.3. The van der Waals surface area contributed by atoms with Gasteiger partial charge in [0.1, 0.15) is 0 Å². The minimum absolute atomic E-state index is 0.117. The molecule has 0 spiro atoms. The van der Waals surface area contributed by atoms with Crippen LogP contribution in [0.15, 0.2) is 34.1 Å². The zero-order valence-electron chi connectivity index (χ0n) is 10.6. The predicted molar refractivity (Wildman–Crippen MR) is 82.3 cm³/mol. The lowest BCUT2D eigenvalue weighted by Gasteiger charge is -2.39. The Kier molecular flexibility index (Phi) is 3.74. The Labute approximate surface area is 125 Å². The van der Waals surface area contributed by atoms with Gasteiger partial charge in [0.15, 0.2) is 0 Å². The highest BCUT2D eigenvalue weighted by Gasteiger charge is 2.37. The third-order valence-corrected chi connectivity index (χ3v) is 5.29. The van der Waals surface area contributed by atoms with Gasteiger partial charge < -0.3 is 5.11 Å². The molecule has 0 saturated heterocycles. The molecule has 1 aromatic heterocycles. The first-order chi connectivity index (χ1) is 9.21. The molecule has 0 atom stereocenters. The minimum atomic E-state index is 0.117. The van der Waals surface area contributed by atoms with E-state index < -0.39 is 0 Å². The van der Waals surface area contributed by atoms with E-state index in [4.69, 9.17) is 4.98 Å². The van der Waals surface area contributed by atoms with Gasteiger partial charge in [-0.25, -0.2) is 4.98 Å². The zero-order chi connectivity index (χ0) is 13.3. The standard InChI is InChI=1S/C15H16BrNOS/c16-12-4-1-3-11(7-12)13-9-19-14(17-13)8-15(10-18)5-2-6-15/h1,3-4,7,9,18H,2,5-6,8,10H2. The van der Waals surface area contributed by atoms with Crippen molar-refractivity contribution in [2.24, 2.45) is 5.41 Å². The highest BCUT2D eigenvalue weighted by Crippen LogP contribution is 2.43. The van der Waals surface area contributed by atoms with Crippen LogP contribution in [0.25, 0.3) is 11.3 Å². The molecule has 19 heavy (non-hydrogen) atoms. The van der Waals surface area contributed by atoms with Gasteiger partial charge >= 0.3 is 0 Å². The number of thiazole rings is 1. The molecule has 4 heteroatoms. The van der Waals surface area contributed by atoms with Crippen LogP contribution in [0.2, 0.25) is 0 Å². The first-order valence-corrected chi connectivity index (χ1v) is 8.19. The van der Waals surface area contributed by atoms with E-state index in [9.17, 15) is 5.11 Å². The molecule has 0 amide bonds. The Morgan fingerprint density at radius 1 is 1.37 bits per heavy atom. The van der Waals surface area contributed by atoms with Crippen molar-refractivity contribution < 1.29 is 5.11 Å². The molecule has 1 aromatic carbocycles. The largest absolute Gasteiger partial charge is 0.396 e. The number of nitrogens with zero attached hydrogens (tertiary/aromatic N) is 1. The lowest BCUT2D eigenvalue weighted by atomic mass is 9.67. The fraction of sp³-hybridized carbons (Fsp3) is 0.400. The molecule has 1 heterocycles. The smallest absolute Gasteiger partial charge is 0.0939 e. The molecule has 2 nitrogen and oxygen atoms in total. The average Bonchev–Trinajstić information content (AvgIpc) is 2.82. The van der Waals surface area contributed by atoms with E-state index in [0.717, 1.165) is 40.0 Å². The Bertz CT molecular complexity index is 572. The highest BCUT2D eigenvalue weighted by atomic mass is 79.9. The summed E-state index contributed by atoms with van der Waals surface area (Å²) < 4.78 is 1.07. The van der Waals surface area contributed by atoms with Gasteiger partial charge in [-0.15, -0.1) is 11.3 Å². The van der Waals surface area contributed by atoms with Gasteiger partial charge in [-0.3, -0.25) is 0 Å². The Morgan fingerprint density at radius 3 is 2.84 bits per heavy atom. The molecule has 1 aliphatic carbocycles. The molecule has 1 aliphatic rings. The summed E-state index contributed by atoms with van der Waals surface area (Å²) in [4.78, 5) is 4.72. The number of benzene rings is 1.